The second-order valence-electron chi connectivity index (χ2n) is 7.00. The van der Waals surface area contributed by atoms with Crippen molar-refractivity contribution in [1.29, 1.82) is 0 Å². The van der Waals surface area contributed by atoms with Gasteiger partial charge in [-0.3, -0.25) is 9.59 Å². The highest BCUT2D eigenvalue weighted by atomic mass is 32.1. The Labute approximate surface area is 181 Å². The van der Waals surface area contributed by atoms with Gasteiger partial charge in [0.2, 0.25) is 5.78 Å². The Morgan fingerprint density at radius 1 is 1.20 bits per heavy atom. The first-order valence-corrected chi connectivity index (χ1v) is 11.2. The predicted molar refractivity (Wildman–Crippen MR) is 118 cm³/mol. The maximum absolute atomic E-state index is 13.2. The number of ketones is 1. The summed E-state index contributed by atoms with van der Waals surface area (Å²) in [7, 11) is 0. The monoisotopic (exact) mass is 428 g/mol. The Morgan fingerprint density at radius 2 is 1.97 bits per heavy atom. The summed E-state index contributed by atoms with van der Waals surface area (Å²) in [6, 6.07) is 10.2. The lowest BCUT2D eigenvalue weighted by molar-refractivity contribution is -0.129. The van der Waals surface area contributed by atoms with E-state index in [0.29, 0.717) is 30.3 Å². The molecule has 0 saturated carbocycles. The van der Waals surface area contributed by atoms with Gasteiger partial charge in [0.05, 0.1) is 23.1 Å². The van der Waals surface area contributed by atoms with Crippen molar-refractivity contribution in [2.24, 2.45) is 0 Å². The van der Waals surface area contributed by atoms with E-state index in [9.17, 15) is 14.7 Å². The Balaban J connectivity index is 2.02. The van der Waals surface area contributed by atoms with E-state index >= 15 is 0 Å². The van der Waals surface area contributed by atoms with Crippen molar-refractivity contribution in [3.63, 3.8) is 0 Å². The molecule has 0 unspecified atom stereocenters. The molecule has 0 radical (unpaired) electrons. The smallest absolute Gasteiger partial charge is 0.290 e. The zero-order valence-corrected chi connectivity index (χ0v) is 18.4. The molecule has 0 spiro atoms. The van der Waals surface area contributed by atoms with Gasteiger partial charge in [0.25, 0.3) is 5.91 Å². The number of thiophene rings is 1. The van der Waals surface area contributed by atoms with Crippen molar-refractivity contribution in [3.8, 4) is 5.75 Å². The third-order valence-electron chi connectivity index (χ3n) is 5.33. The standard InChI is InChI=1S/C23H28N2O4S/c1-4-24(5-2)12-13-25-20(16-9-7-10-17(15-16)29-6-3)19(22(27)23(25)28)21(26)18-11-8-14-30-18/h7-11,14-15,20,27H,4-6,12-13H2,1-3H3/t20-/m0/s1. The van der Waals surface area contributed by atoms with E-state index in [-0.39, 0.29) is 11.4 Å². The fourth-order valence-electron chi connectivity index (χ4n) is 3.73. The molecule has 1 amide bonds. The van der Waals surface area contributed by atoms with Crippen LogP contribution in [0.4, 0.5) is 0 Å². The fraction of sp³-hybridized carbons (Fsp3) is 0.391. The van der Waals surface area contributed by atoms with E-state index in [4.69, 9.17) is 4.74 Å². The number of nitrogens with zero attached hydrogens (tertiary/aromatic N) is 2. The normalized spacial score (nSPS) is 16.6. The van der Waals surface area contributed by atoms with Crippen LogP contribution in [0.25, 0.3) is 0 Å². The third kappa shape index (κ3) is 4.42. The van der Waals surface area contributed by atoms with Gasteiger partial charge in [0, 0.05) is 13.1 Å². The molecule has 0 fully saturated rings. The van der Waals surface area contributed by atoms with Crippen molar-refractivity contribution < 1.29 is 19.4 Å². The molecule has 3 rings (SSSR count). The fourth-order valence-corrected chi connectivity index (χ4v) is 4.41. The van der Waals surface area contributed by atoms with Gasteiger partial charge in [-0.2, -0.15) is 0 Å². The second-order valence-corrected chi connectivity index (χ2v) is 7.95. The summed E-state index contributed by atoms with van der Waals surface area (Å²) < 4.78 is 5.62. The molecule has 0 aliphatic carbocycles. The van der Waals surface area contributed by atoms with Crippen LogP contribution in [0.3, 0.4) is 0 Å². The van der Waals surface area contributed by atoms with E-state index in [2.05, 4.69) is 18.7 Å². The van der Waals surface area contributed by atoms with Crippen LogP contribution in [0.1, 0.15) is 42.0 Å². The number of hydrogen-bond donors (Lipinski definition) is 1. The van der Waals surface area contributed by atoms with Gasteiger partial charge in [-0.15, -0.1) is 11.3 Å². The first kappa shape index (κ1) is 22.1. The molecule has 1 atom stereocenters. The zero-order chi connectivity index (χ0) is 21.7. The van der Waals surface area contributed by atoms with Gasteiger partial charge in [-0.25, -0.2) is 0 Å². The van der Waals surface area contributed by atoms with Crippen molar-refractivity contribution in [2.75, 3.05) is 32.8 Å². The van der Waals surface area contributed by atoms with Crippen LogP contribution in [0.15, 0.2) is 53.1 Å². The highest BCUT2D eigenvalue weighted by Crippen LogP contribution is 2.40. The number of hydrogen-bond acceptors (Lipinski definition) is 6. The van der Waals surface area contributed by atoms with Crippen molar-refractivity contribution >= 4 is 23.0 Å². The minimum Gasteiger partial charge on any atom is -0.503 e. The molecule has 1 aliphatic rings. The van der Waals surface area contributed by atoms with Crippen LogP contribution in [0, 0.1) is 0 Å². The minimum absolute atomic E-state index is 0.135. The van der Waals surface area contributed by atoms with Crippen molar-refractivity contribution in [1.82, 2.24) is 9.80 Å². The lowest BCUT2D eigenvalue weighted by Gasteiger charge is -2.29. The first-order chi connectivity index (χ1) is 14.5. The number of likely N-dealkylation sites (N-methyl/N-ethyl adjacent to an activating group) is 1. The maximum atomic E-state index is 13.2. The SMILES string of the molecule is CCOc1cccc([C@H]2C(C(=O)c3cccs3)=C(O)C(=O)N2CCN(CC)CC)c1. The van der Waals surface area contributed by atoms with Crippen LogP contribution >= 0.6 is 11.3 Å². The van der Waals surface area contributed by atoms with Gasteiger partial charge in [-0.05, 0) is 49.2 Å². The quantitative estimate of drug-likeness (QED) is 0.578. The number of amides is 1. The Hall–Kier alpha value is -2.64. The van der Waals surface area contributed by atoms with Gasteiger partial charge in [-0.1, -0.05) is 32.0 Å². The average Bonchev–Trinajstić information content (AvgIpc) is 3.37. The Kier molecular flexibility index (Phi) is 7.29. The molecule has 160 valence electrons. The van der Waals surface area contributed by atoms with E-state index in [1.54, 1.807) is 17.0 Å². The summed E-state index contributed by atoms with van der Waals surface area (Å²) in [5.74, 6) is -0.609. The molecule has 0 bridgehead atoms. The van der Waals surface area contributed by atoms with E-state index in [1.165, 1.54) is 11.3 Å². The lowest BCUT2D eigenvalue weighted by atomic mass is 9.95. The molecule has 7 heteroatoms. The van der Waals surface area contributed by atoms with Crippen LogP contribution in [-0.2, 0) is 4.79 Å². The summed E-state index contributed by atoms with van der Waals surface area (Å²) in [4.78, 5) is 30.5. The lowest BCUT2D eigenvalue weighted by Crippen LogP contribution is -2.38. The topological polar surface area (TPSA) is 70.1 Å². The molecule has 1 aromatic carbocycles. The van der Waals surface area contributed by atoms with Crippen LogP contribution in [0.5, 0.6) is 5.75 Å². The highest BCUT2D eigenvalue weighted by molar-refractivity contribution is 7.12. The number of Topliss-reactive ketones (excluding diaryl/α,β-unsaturated/α-hetero) is 1. The second kappa shape index (κ2) is 9.91. The van der Waals surface area contributed by atoms with E-state index in [0.717, 1.165) is 18.7 Å². The summed E-state index contributed by atoms with van der Waals surface area (Å²) in [5, 5.41) is 12.5. The van der Waals surface area contributed by atoms with E-state index in [1.807, 2.05) is 36.6 Å². The molecular weight excluding hydrogens is 400 g/mol. The molecule has 2 heterocycles. The molecule has 1 aliphatic heterocycles. The Morgan fingerprint density at radius 3 is 2.60 bits per heavy atom. The number of carbonyl (C=O) groups is 2. The van der Waals surface area contributed by atoms with Gasteiger partial charge >= 0.3 is 0 Å². The molecule has 1 N–H and O–H groups in total. The van der Waals surface area contributed by atoms with Crippen LogP contribution in [-0.4, -0.2) is 59.4 Å². The predicted octanol–water partition coefficient (Wildman–Crippen LogP) is 4.07. The van der Waals surface area contributed by atoms with Crippen molar-refractivity contribution in [2.45, 2.75) is 26.8 Å². The highest BCUT2D eigenvalue weighted by Gasteiger charge is 2.44. The maximum Gasteiger partial charge on any atom is 0.290 e. The molecular formula is C23H28N2O4S. The van der Waals surface area contributed by atoms with Gasteiger partial charge in [0.15, 0.2) is 5.76 Å². The number of carbonyl (C=O) groups excluding carboxylic acids is 2. The summed E-state index contributed by atoms with van der Waals surface area (Å²) in [6.45, 7) is 9.36. The number of ether oxygens (including phenoxy) is 1. The molecule has 1 aromatic heterocycles. The first-order valence-electron chi connectivity index (χ1n) is 10.3. The summed E-state index contributed by atoms with van der Waals surface area (Å²) >= 11 is 1.30. The Bertz CT molecular complexity index is 919. The van der Waals surface area contributed by atoms with Gasteiger partial charge < -0.3 is 19.6 Å². The third-order valence-corrected chi connectivity index (χ3v) is 6.20. The average molecular weight is 429 g/mol. The number of aliphatic hydroxyl groups excluding tert-OH is 1. The zero-order valence-electron chi connectivity index (χ0n) is 17.6. The van der Waals surface area contributed by atoms with Crippen LogP contribution in [0.2, 0.25) is 0 Å². The largest absolute Gasteiger partial charge is 0.503 e. The molecule has 6 nitrogen and oxygen atoms in total. The summed E-state index contributed by atoms with van der Waals surface area (Å²) in [6.07, 6.45) is 0. The number of benzene rings is 1. The molecule has 30 heavy (non-hydrogen) atoms. The number of aliphatic hydroxyl groups is 1. The van der Waals surface area contributed by atoms with E-state index < -0.39 is 17.7 Å². The minimum atomic E-state index is -0.650. The molecule has 2 aromatic rings. The van der Waals surface area contributed by atoms with Crippen molar-refractivity contribution in [3.05, 3.63) is 63.6 Å². The number of rotatable bonds is 10. The summed E-state index contributed by atoms with van der Waals surface area (Å²) in [5.41, 5.74) is 0.883. The molecule has 0 saturated heterocycles. The van der Waals surface area contributed by atoms with Gasteiger partial charge in [0.1, 0.15) is 5.75 Å². The van der Waals surface area contributed by atoms with Crippen LogP contribution < -0.4 is 4.74 Å².